The molecule has 0 aromatic carbocycles. The highest BCUT2D eigenvalue weighted by Crippen LogP contribution is 2.38. The molecule has 28 heavy (non-hydrogen) atoms. The molecule has 3 N–H and O–H groups in total. The normalized spacial score (nSPS) is 23.1. The summed E-state index contributed by atoms with van der Waals surface area (Å²) in [6.45, 7) is 1.68. The molecule has 3 heterocycles. The molecule has 2 aromatic heterocycles. The predicted molar refractivity (Wildman–Crippen MR) is 109 cm³/mol. The van der Waals surface area contributed by atoms with Gasteiger partial charge >= 0.3 is 0 Å². The first-order valence-electron chi connectivity index (χ1n) is 9.86. The molecule has 1 amide bonds. The summed E-state index contributed by atoms with van der Waals surface area (Å²) in [6.07, 6.45) is 7.12. The summed E-state index contributed by atoms with van der Waals surface area (Å²) in [4.78, 5) is 24.7. The maximum Gasteiger partial charge on any atom is 0.232 e. The highest BCUT2D eigenvalue weighted by Gasteiger charge is 2.28. The van der Waals surface area contributed by atoms with E-state index in [4.69, 9.17) is 10.5 Å². The molecule has 152 valence electrons. The Morgan fingerprint density at radius 2 is 2.14 bits per heavy atom. The lowest BCUT2D eigenvalue weighted by Crippen LogP contribution is -2.45. The topological polar surface area (TPSA) is 96.6 Å². The van der Waals surface area contributed by atoms with Gasteiger partial charge in [-0.15, -0.1) is 11.3 Å². The number of aromatic nitrogens is 2. The van der Waals surface area contributed by atoms with Gasteiger partial charge in [-0.2, -0.15) is 0 Å². The van der Waals surface area contributed by atoms with Crippen molar-refractivity contribution in [1.29, 1.82) is 0 Å². The minimum Gasteiger partial charge on any atom is -0.474 e. The Morgan fingerprint density at radius 1 is 1.36 bits per heavy atom. The Bertz CT molecular complexity index is 846. The number of thiophene rings is 1. The number of hydrogen-bond acceptors (Lipinski definition) is 8. The van der Waals surface area contributed by atoms with E-state index in [9.17, 15) is 4.79 Å². The fourth-order valence-electron chi connectivity index (χ4n) is 4.13. The van der Waals surface area contributed by atoms with E-state index in [2.05, 4.69) is 34.4 Å². The fraction of sp³-hybridized carbons (Fsp3) is 0.632. The van der Waals surface area contributed by atoms with Crippen molar-refractivity contribution >= 4 is 27.5 Å². The van der Waals surface area contributed by atoms with Crippen molar-refractivity contribution in [2.24, 2.45) is 5.73 Å². The molecule has 2 aliphatic rings. The molecule has 0 spiro atoms. The lowest BCUT2D eigenvalue weighted by molar-refractivity contribution is -0.118. The summed E-state index contributed by atoms with van der Waals surface area (Å²) in [6, 6.07) is 0.643. The molecule has 0 unspecified atom stereocenters. The standard InChI is InChI=1S/C19H28N6O2S/c1-24(2)12-3-5-13(6-4-12)27-18-17-14-10-25(23-9-16(20)26)8-7-15(14)28-19(17)22-11-21-18/h11-13,23H,3-10H2,1-2H3,(H2,20,26). The van der Waals surface area contributed by atoms with Gasteiger partial charge in [0.1, 0.15) is 17.3 Å². The van der Waals surface area contributed by atoms with Crippen molar-refractivity contribution in [3.8, 4) is 5.88 Å². The number of rotatable bonds is 6. The fourth-order valence-corrected chi connectivity index (χ4v) is 5.26. The number of nitrogens with two attached hydrogens (primary N) is 1. The van der Waals surface area contributed by atoms with Crippen LogP contribution in [0.3, 0.4) is 0 Å². The molecule has 1 fully saturated rings. The van der Waals surface area contributed by atoms with Gasteiger partial charge in [0.2, 0.25) is 11.8 Å². The molecule has 0 atom stereocenters. The Kier molecular flexibility index (Phi) is 5.77. The van der Waals surface area contributed by atoms with E-state index < -0.39 is 0 Å². The monoisotopic (exact) mass is 404 g/mol. The van der Waals surface area contributed by atoms with Crippen LogP contribution in [0.5, 0.6) is 5.88 Å². The number of carbonyl (C=O) groups excluding carboxylic acids is 1. The predicted octanol–water partition coefficient (Wildman–Crippen LogP) is 1.29. The summed E-state index contributed by atoms with van der Waals surface area (Å²) >= 11 is 1.72. The maximum absolute atomic E-state index is 11.1. The quantitative estimate of drug-likeness (QED) is 0.749. The second-order valence-corrected chi connectivity index (χ2v) is 8.93. The number of ether oxygens (including phenoxy) is 1. The van der Waals surface area contributed by atoms with E-state index in [1.54, 1.807) is 17.7 Å². The molecular weight excluding hydrogens is 376 g/mol. The molecule has 4 rings (SSSR count). The van der Waals surface area contributed by atoms with Crippen LogP contribution in [-0.4, -0.2) is 65.1 Å². The van der Waals surface area contributed by atoms with Crippen LogP contribution >= 0.6 is 11.3 Å². The minimum atomic E-state index is -0.360. The lowest BCUT2D eigenvalue weighted by Gasteiger charge is -2.32. The largest absolute Gasteiger partial charge is 0.474 e. The van der Waals surface area contributed by atoms with Crippen molar-refractivity contribution in [1.82, 2.24) is 25.3 Å². The average Bonchev–Trinajstić information content (AvgIpc) is 3.05. The third-order valence-corrected chi connectivity index (χ3v) is 6.92. The molecule has 0 radical (unpaired) electrons. The molecule has 8 nitrogen and oxygen atoms in total. The van der Waals surface area contributed by atoms with E-state index in [0.29, 0.717) is 18.5 Å². The van der Waals surface area contributed by atoms with Crippen LogP contribution in [0.25, 0.3) is 10.2 Å². The van der Waals surface area contributed by atoms with Crippen molar-refractivity contribution in [2.45, 2.75) is 50.8 Å². The zero-order chi connectivity index (χ0) is 19.7. The van der Waals surface area contributed by atoms with Crippen LogP contribution in [-0.2, 0) is 17.8 Å². The van der Waals surface area contributed by atoms with E-state index in [0.717, 1.165) is 48.9 Å². The van der Waals surface area contributed by atoms with E-state index in [-0.39, 0.29) is 18.6 Å². The highest BCUT2D eigenvalue weighted by molar-refractivity contribution is 7.18. The summed E-state index contributed by atoms with van der Waals surface area (Å²) in [5.41, 5.74) is 9.58. The van der Waals surface area contributed by atoms with Crippen LogP contribution in [0.15, 0.2) is 6.33 Å². The number of amides is 1. The molecule has 1 saturated carbocycles. The van der Waals surface area contributed by atoms with E-state index >= 15 is 0 Å². The van der Waals surface area contributed by atoms with Gasteiger partial charge in [-0.3, -0.25) is 4.79 Å². The molecular formula is C19H28N6O2S. The number of carbonyl (C=O) groups is 1. The molecule has 1 aliphatic carbocycles. The highest BCUT2D eigenvalue weighted by atomic mass is 32.1. The van der Waals surface area contributed by atoms with Crippen LogP contribution in [0.1, 0.15) is 36.1 Å². The second kappa shape index (κ2) is 8.28. The van der Waals surface area contributed by atoms with Gasteiger partial charge in [0.15, 0.2) is 0 Å². The van der Waals surface area contributed by atoms with E-state index in [1.807, 2.05) is 5.01 Å². The number of hydrazine groups is 1. The smallest absolute Gasteiger partial charge is 0.232 e. The van der Waals surface area contributed by atoms with Gasteiger partial charge in [-0.1, -0.05) is 0 Å². The Labute approximate surface area is 169 Å². The second-order valence-electron chi connectivity index (χ2n) is 7.85. The van der Waals surface area contributed by atoms with E-state index in [1.165, 1.54) is 10.4 Å². The molecule has 2 aromatic rings. The van der Waals surface area contributed by atoms with Crippen molar-refractivity contribution in [3.05, 3.63) is 16.8 Å². The zero-order valence-electron chi connectivity index (χ0n) is 16.5. The zero-order valence-corrected chi connectivity index (χ0v) is 17.3. The third-order valence-electron chi connectivity index (χ3n) is 5.72. The van der Waals surface area contributed by atoms with Gasteiger partial charge < -0.3 is 15.4 Å². The van der Waals surface area contributed by atoms with Crippen LogP contribution in [0.2, 0.25) is 0 Å². The van der Waals surface area contributed by atoms with Crippen LogP contribution in [0.4, 0.5) is 0 Å². The first kappa shape index (κ1) is 19.5. The summed E-state index contributed by atoms with van der Waals surface area (Å²) in [5, 5.41) is 3.07. The molecule has 1 aliphatic heterocycles. The molecule has 0 bridgehead atoms. The van der Waals surface area contributed by atoms with Crippen molar-refractivity contribution in [2.75, 3.05) is 27.2 Å². The average molecular weight is 405 g/mol. The molecule has 0 saturated heterocycles. The lowest BCUT2D eigenvalue weighted by atomic mass is 9.92. The summed E-state index contributed by atoms with van der Waals surface area (Å²) < 4.78 is 6.38. The number of nitrogens with one attached hydrogen (secondary N) is 1. The number of hydrogen-bond donors (Lipinski definition) is 2. The van der Waals surface area contributed by atoms with Crippen LogP contribution < -0.4 is 15.9 Å². The minimum absolute atomic E-state index is 0.145. The van der Waals surface area contributed by atoms with Crippen molar-refractivity contribution < 1.29 is 9.53 Å². The first-order chi connectivity index (χ1) is 13.5. The van der Waals surface area contributed by atoms with Gasteiger partial charge in [0.25, 0.3) is 0 Å². The summed E-state index contributed by atoms with van der Waals surface area (Å²) in [5.74, 6) is 0.342. The SMILES string of the molecule is CN(C)C1CCC(Oc2ncnc3sc4c(c23)CN(NCC(N)=O)CC4)CC1. The Morgan fingerprint density at radius 3 is 2.86 bits per heavy atom. The number of nitrogens with zero attached hydrogens (tertiary/aromatic N) is 4. The number of primary amides is 1. The van der Waals surface area contributed by atoms with Crippen LogP contribution in [0, 0.1) is 0 Å². The summed E-state index contributed by atoms with van der Waals surface area (Å²) in [7, 11) is 4.30. The van der Waals surface area contributed by atoms with Gasteiger partial charge in [-0.05, 0) is 51.8 Å². The maximum atomic E-state index is 11.1. The van der Waals surface area contributed by atoms with Crippen molar-refractivity contribution in [3.63, 3.8) is 0 Å². The molecule has 9 heteroatoms. The third kappa shape index (κ3) is 4.12. The first-order valence-corrected chi connectivity index (χ1v) is 10.7. The Hall–Kier alpha value is -1.81. The van der Waals surface area contributed by atoms with Gasteiger partial charge in [-0.25, -0.2) is 20.4 Å². The number of fused-ring (bicyclic) bond motifs is 3. The van der Waals surface area contributed by atoms with Gasteiger partial charge in [0, 0.05) is 24.0 Å². The van der Waals surface area contributed by atoms with Gasteiger partial charge in [0.05, 0.1) is 11.9 Å². The Balaban J connectivity index is 1.52.